The van der Waals surface area contributed by atoms with Gasteiger partial charge in [-0.1, -0.05) is 42.5 Å². The first kappa shape index (κ1) is 23.6. The van der Waals surface area contributed by atoms with Crippen molar-refractivity contribution in [3.05, 3.63) is 113 Å². The van der Waals surface area contributed by atoms with Crippen molar-refractivity contribution in [2.75, 3.05) is 23.7 Å². The molecule has 7 nitrogen and oxygen atoms in total. The van der Waals surface area contributed by atoms with Crippen LogP contribution >= 0.6 is 0 Å². The molecule has 0 aliphatic carbocycles. The second-order valence-electron chi connectivity index (χ2n) is 9.26. The number of carbonyl (C=O) groups excluding carboxylic acids is 1. The van der Waals surface area contributed by atoms with Crippen LogP contribution < -0.4 is 15.4 Å². The third kappa shape index (κ3) is 3.50. The molecule has 0 radical (unpaired) electrons. The number of phenols is 1. The number of anilines is 2. The minimum absolute atomic E-state index is 0.0906. The number of aromatic hydroxyl groups is 1. The molecule has 3 N–H and O–H groups in total. The molecule has 2 heterocycles. The van der Waals surface area contributed by atoms with Gasteiger partial charge in [-0.15, -0.1) is 0 Å². The molecule has 190 valence electrons. The Morgan fingerprint density at radius 3 is 2.08 bits per heavy atom. The molecule has 0 saturated carbocycles. The molecular formula is C31H28N4O3. The summed E-state index contributed by atoms with van der Waals surface area (Å²) in [6.07, 6.45) is 1.54. The van der Waals surface area contributed by atoms with Crippen molar-refractivity contribution >= 4 is 23.5 Å². The smallest absolute Gasteiger partial charge is 0.275 e. The van der Waals surface area contributed by atoms with E-state index in [0.717, 1.165) is 41.2 Å². The van der Waals surface area contributed by atoms with Gasteiger partial charge in [-0.3, -0.25) is 4.79 Å². The van der Waals surface area contributed by atoms with Crippen LogP contribution in [0.3, 0.4) is 0 Å². The van der Waals surface area contributed by atoms with Crippen LogP contribution in [0.25, 0.3) is 0 Å². The number of nitrogens with zero attached hydrogens (tertiary/aromatic N) is 2. The lowest BCUT2D eigenvalue weighted by Crippen LogP contribution is -2.44. The van der Waals surface area contributed by atoms with Crippen LogP contribution in [0.2, 0.25) is 0 Å². The van der Waals surface area contributed by atoms with Crippen LogP contribution in [0, 0.1) is 0 Å². The van der Waals surface area contributed by atoms with Gasteiger partial charge in [0, 0.05) is 64.4 Å². The normalized spacial score (nSPS) is 14.7. The molecule has 4 aromatic rings. The van der Waals surface area contributed by atoms with Crippen LogP contribution in [0.1, 0.15) is 46.5 Å². The summed E-state index contributed by atoms with van der Waals surface area (Å²) in [6.45, 7) is 5.62. The van der Waals surface area contributed by atoms with Gasteiger partial charge >= 0.3 is 0 Å². The van der Waals surface area contributed by atoms with Crippen molar-refractivity contribution in [3.63, 3.8) is 0 Å². The topological polar surface area (TPSA) is 86.2 Å². The highest BCUT2D eigenvalue weighted by molar-refractivity contribution is 6.03. The number of amides is 1. The number of hydrogen-bond acceptors (Lipinski definition) is 6. The number of benzene rings is 4. The number of phenolic OH excluding ortho intramolecular Hbond substituents is 1. The molecule has 0 unspecified atom stereocenters. The number of rotatable bonds is 6. The van der Waals surface area contributed by atoms with Gasteiger partial charge in [0.1, 0.15) is 22.8 Å². The van der Waals surface area contributed by atoms with Gasteiger partial charge < -0.3 is 20.5 Å². The summed E-state index contributed by atoms with van der Waals surface area (Å²) in [5.41, 5.74) is 4.34. The standard InChI is InChI=1S/C31H28N4O3/c1-3-32-21-13-15-25-28(17-21)38-29-18-22(33-4-2)14-16-26(29)31(25)24-11-7-6-10-23(24)30(37)35(31)34-19-20-9-5-8-12-27(20)36/h5-19,32-33,36H,3-4H2,1-2H3/b34-19+. The number of fused-ring (bicyclic) bond motifs is 6. The fourth-order valence-corrected chi connectivity index (χ4v) is 5.44. The first-order valence-electron chi connectivity index (χ1n) is 12.8. The maximum Gasteiger partial charge on any atom is 0.275 e. The molecule has 0 aromatic heterocycles. The minimum Gasteiger partial charge on any atom is -0.507 e. The second kappa shape index (κ2) is 9.27. The van der Waals surface area contributed by atoms with E-state index in [4.69, 9.17) is 9.84 Å². The van der Waals surface area contributed by atoms with Gasteiger partial charge in [-0.25, -0.2) is 5.01 Å². The molecule has 0 bridgehead atoms. The van der Waals surface area contributed by atoms with Crippen molar-refractivity contribution < 1.29 is 14.6 Å². The zero-order valence-corrected chi connectivity index (χ0v) is 21.2. The van der Waals surface area contributed by atoms with Crippen molar-refractivity contribution in [3.8, 4) is 17.2 Å². The third-order valence-corrected chi connectivity index (χ3v) is 7.03. The summed E-state index contributed by atoms with van der Waals surface area (Å²) in [5.74, 6) is 1.17. The lowest BCUT2D eigenvalue weighted by molar-refractivity contribution is 0.0675. The summed E-state index contributed by atoms with van der Waals surface area (Å²) >= 11 is 0. The molecule has 1 spiro atoms. The van der Waals surface area contributed by atoms with E-state index < -0.39 is 5.54 Å². The van der Waals surface area contributed by atoms with E-state index in [1.165, 1.54) is 11.2 Å². The van der Waals surface area contributed by atoms with Crippen LogP contribution in [0.15, 0.2) is 90.0 Å². The Bertz CT molecular complexity index is 1520. The zero-order valence-electron chi connectivity index (χ0n) is 21.2. The highest BCUT2D eigenvalue weighted by atomic mass is 16.5. The fourth-order valence-electron chi connectivity index (χ4n) is 5.44. The molecule has 7 heteroatoms. The SMILES string of the molecule is CCNc1ccc2c(c1)Oc1cc(NCC)ccc1C21c2ccccc2C(=O)N1/N=C/c1ccccc1O. The predicted molar refractivity (Wildman–Crippen MR) is 149 cm³/mol. The number of nitrogens with one attached hydrogen (secondary N) is 2. The van der Waals surface area contributed by atoms with Gasteiger partial charge in [0.2, 0.25) is 0 Å². The van der Waals surface area contributed by atoms with Crippen molar-refractivity contribution in [1.29, 1.82) is 0 Å². The molecule has 38 heavy (non-hydrogen) atoms. The molecule has 2 aliphatic rings. The second-order valence-corrected chi connectivity index (χ2v) is 9.26. The van der Waals surface area contributed by atoms with Gasteiger partial charge in [-0.2, -0.15) is 5.10 Å². The zero-order chi connectivity index (χ0) is 26.3. The van der Waals surface area contributed by atoms with E-state index in [-0.39, 0.29) is 11.7 Å². The first-order valence-corrected chi connectivity index (χ1v) is 12.8. The monoisotopic (exact) mass is 504 g/mol. The van der Waals surface area contributed by atoms with Crippen molar-refractivity contribution in [2.24, 2.45) is 5.10 Å². The Morgan fingerprint density at radius 1 is 0.842 bits per heavy atom. The number of hydrogen-bond donors (Lipinski definition) is 3. The predicted octanol–water partition coefficient (Wildman–Crippen LogP) is 6.14. The van der Waals surface area contributed by atoms with Crippen LogP contribution in [-0.2, 0) is 5.54 Å². The minimum atomic E-state index is -1.06. The summed E-state index contributed by atoms with van der Waals surface area (Å²) in [6, 6.07) is 26.5. The van der Waals surface area contributed by atoms with E-state index >= 15 is 0 Å². The quantitative estimate of drug-likeness (QED) is 0.275. The van der Waals surface area contributed by atoms with Crippen molar-refractivity contribution in [2.45, 2.75) is 19.4 Å². The van der Waals surface area contributed by atoms with Crippen LogP contribution in [0.4, 0.5) is 11.4 Å². The number of carbonyl (C=O) groups is 1. The summed E-state index contributed by atoms with van der Waals surface area (Å²) in [4.78, 5) is 14.0. The fraction of sp³-hybridized carbons (Fsp3) is 0.161. The highest BCUT2D eigenvalue weighted by Gasteiger charge is 2.57. The van der Waals surface area contributed by atoms with E-state index in [2.05, 4.69) is 10.6 Å². The van der Waals surface area contributed by atoms with Gasteiger partial charge in [-0.05, 0) is 44.2 Å². The summed E-state index contributed by atoms with van der Waals surface area (Å²) < 4.78 is 6.51. The number of para-hydroxylation sites is 1. The Hall–Kier alpha value is -4.78. The molecular weight excluding hydrogens is 476 g/mol. The van der Waals surface area contributed by atoms with Gasteiger partial charge in [0.15, 0.2) is 0 Å². The maximum absolute atomic E-state index is 14.0. The first-order chi connectivity index (χ1) is 18.6. The Balaban J connectivity index is 1.64. The lowest BCUT2D eigenvalue weighted by Gasteiger charge is -2.42. The van der Waals surface area contributed by atoms with Crippen LogP contribution in [-0.4, -0.2) is 35.3 Å². The average Bonchev–Trinajstić information content (AvgIpc) is 3.17. The van der Waals surface area contributed by atoms with Crippen molar-refractivity contribution in [1.82, 2.24) is 5.01 Å². The Kier molecular flexibility index (Phi) is 5.76. The Labute approximate surface area is 221 Å². The lowest BCUT2D eigenvalue weighted by atomic mass is 9.75. The van der Waals surface area contributed by atoms with E-state index in [1.54, 1.807) is 18.2 Å². The Morgan fingerprint density at radius 2 is 1.45 bits per heavy atom. The van der Waals surface area contributed by atoms with E-state index in [9.17, 15) is 9.90 Å². The molecule has 0 atom stereocenters. The summed E-state index contributed by atoms with van der Waals surface area (Å²) in [5, 5.41) is 23.4. The molecule has 2 aliphatic heterocycles. The average molecular weight is 505 g/mol. The van der Waals surface area contributed by atoms with Gasteiger partial charge in [0.05, 0.1) is 6.21 Å². The van der Waals surface area contributed by atoms with E-state index in [0.29, 0.717) is 22.6 Å². The molecule has 1 amide bonds. The maximum atomic E-state index is 14.0. The third-order valence-electron chi connectivity index (χ3n) is 7.03. The number of ether oxygens (including phenoxy) is 1. The molecule has 6 rings (SSSR count). The molecule has 0 fully saturated rings. The highest BCUT2D eigenvalue weighted by Crippen LogP contribution is 2.58. The molecule has 0 saturated heterocycles. The largest absolute Gasteiger partial charge is 0.507 e. The van der Waals surface area contributed by atoms with Gasteiger partial charge in [0.25, 0.3) is 5.91 Å². The molecule has 4 aromatic carbocycles. The summed E-state index contributed by atoms with van der Waals surface area (Å²) in [7, 11) is 0. The van der Waals surface area contributed by atoms with E-state index in [1.807, 2.05) is 80.6 Å². The number of hydrazone groups is 1. The van der Waals surface area contributed by atoms with Crippen LogP contribution in [0.5, 0.6) is 17.2 Å².